The van der Waals surface area contributed by atoms with E-state index in [0.29, 0.717) is 17.4 Å². The molecule has 0 aliphatic carbocycles. The standard InChI is InChI=1S/C11H18N4O/c1-8(2)6-7-13-10-5-4-9(14-15-10)11(16)12-3/h4-5,8H,6-7H2,1-3H3,(H,12,16)(H,13,15). The van der Waals surface area contributed by atoms with Gasteiger partial charge in [-0.25, -0.2) is 0 Å². The highest BCUT2D eigenvalue weighted by atomic mass is 16.1. The molecule has 0 aliphatic heterocycles. The molecule has 0 bridgehead atoms. The third-order valence-electron chi connectivity index (χ3n) is 2.15. The zero-order chi connectivity index (χ0) is 12.0. The Bertz CT molecular complexity index is 334. The van der Waals surface area contributed by atoms with Crippen molar-refractivity contribution in [3.8, 4) is 0 Å². The van der Waals surface area contributed by atoms with Crippen LogP contribution in [0.2, 0.25) is 0 Å². The molecule has 0 aliphatic rings. The summed E-state index contributed by atoms with van der Waals surface area (Å²) in [6.07, 6.45) is 1.08. The lowest BCUT2D eigenvalue weighted by molar-refractivity contribution is 0.0957. The van der Waals surface area contributed by atoms with Crippen LogP contribution in [0.15, 0.2) is 12.1 Å². The first-order chi connectivity index (χ1) is 7.63. The first-order valence-corrected chi connectivity index (χ1v) is 5.43. The number of anilines is 1. The Labute approximate surface area is 95.7 Å². The van der Waals surface area contributed by atoms with Crippen LogP contribution >= 0.6 is 0 Å². The quantitative estimate of drug-likeness (QED) is 0.788. The highest BCUT2D eigenvalue weighted by Crippen LogP contribution is 2.04. The average Bonchev–Trinajstić information content (AvgIpc) is 2.28. The van der Waals surface area contributed by atoms with E-state index in [0.717, 1.165) is 13.0 Å². The fraction of sp³-hybridized carbons (Fsp3) is 0.545. The van der Waals surface area contributed by atoms with Crippen LogP contribution in [-0.4, -0.2) is 29.7 Å². The van der Waals surface area contributed by atoms with Gasteiger partial charge in [0.25, 0.3) is 5.91 Å². The third kappa shape index (κ3) is 3.84. The number of hydrogen-bond acceptors (Lipinski definition) is 4. The van der Waals surface area contributed by atoms with E-state index in [4.69, 9.17) is 0 Å². The van der Waals surface area contributed by atoms with Crippen molar-refractivity contribution >= 4 is 11.7 Å². The van der Waals surface area contributed by atoms with Crippen molar-refractivity contribution in [3.05, 3.63) is 17.8 Å². The first kappa shape index (κ1) is 12.4. The van der Waals surface area contributed by atoms with Crippen molar-refractivity contribution in [2.24, 2.45) is 5.92 Å². The zero-order valence-corrected chi connectivity index (χ0v) is 9.95. The van der Waals surface area contributed by atoms with Crippen LogP contribution in [0.25, 0.3) is 0 Å². The molecule has 0 saturated carbocycles. The van der Waals surface area contributed by atoms with Gasteiger partial charge in [-0.1, -0.05) is 13.8 Å². The van der Waals surface area contributed by atoms with Gasteiger partial charge >= 0.3 is 0 Å². The number of nitrogens with zero attached hydrogens (tertiary/aromatic N) is 2. The first-order valence-electron chi connectivity index (χ1n) is 5.43. The lowest BCUT2D eigenvalue weighted by Gasteiger charge is -2.07. The molecule has 0 aromatic carbocycles. The average molecular weight is 222 g/mol. The van der Waals surface area contributed by atoms with Crippen LogP contribution in [0.5, 0.6) is 0 Å². The smallest absolute Gasteiger partial charge is 0.271 e. The van der Waals surface area contributed by atoms with Crippen LogP contribution in [0.1, 0.15) is 30.8 Å². The van der Waals surface area contributed by atoms with E-state index in [2.05, 4.69) is 34.7 Å². The van der Waals surface area contributed by atoms with Crippen molar-refractivity contribution in [3.63, 3.8) is 0 Å². The second-order valence-electron chi connectivity index (χ2n) is 3.99. The van der Waals surface area contributed by atoms with Crippen LogP contribution in [0.3, 0.4) is 0 Å². The minimum atomic E-state index is -0.221. The number of carbonyl (C=O) groups is 1. The summed E-state index contributed by atoms with van der Waals surface area (Å²) < 4.78 is 0. The number of amides is 1. The highest BCUT2D eigenvalue weighted by Gasteiger charge is 2.04. The second kappa shape index (κ2) is 6.05. The predicted octanol–water partition coefficient (Wildman–Crippen LogP) is 1.29. The van der Waals surface area contributed by atoms with E-state index in [1.807, 2.05) is 0 Å². The third-order valence-corrected chi connectivity index (χ3v) is 2.15. The van der Waals surface area contributed by atoms with Crippen molar-refractivity contribution in [2.45, 2.75) is 20.3 Å². The largest absolute Gasteiger partial charge is 0.369 e. The molecular formula is C11H18N4O. The molecule has 1 rings (SSSR count). The van der Waals surface area contributed by atoms with E-state index in [-0.39, 0.29) is 5.91 Å². The van der Waals surface area contributed by atoms with Crippen molar-refractivity contribution in [1.82, 2.24) is 15.5 Å². The Morgan fingerprint density at radius 1 is 1.38 bits per heavy atom. The molecule has 1 amide bonds. The maximum atomic E-state index is 11.2. The molecule has 1 aromatic heterocycles. The zero-order valence-electron chi connectivity index (χ0n) is 9.95. The summed E-state index contributed by atoms with van der Waals surface area (Å²) in [4.78, 5) is 11.2. The normalized spacial score (nSPS) is 10.2. The molecule has 2 N–H and O–H groups in total. The molecule has 0 fully saturated rings. The van der Waals surface area contributed by atoms with Gasteiger partial charge in [-0.05, 0) is 24.5 Å². The molecule has 88 valence electrons. The predicted molar refractivity (Wildman–Crippen MR) is 63.4 cm³/mol. The van der Waals surface area contributed by atoms with Gasteiger partial charge in [0.15, 0.2) is 5.69 Å². The van der Waals surface area contributed by atoms with Crippen LogP contribution in [0, 0.1) is 5.92 Å². The fourth-order valence-corrected chi connectivity index (χ4v) is 1.16. The summed E-state index contributed by atoms with van der Waals surface area (Å²) in [5.74, 6) is 1.14. The lowest BCUT2D eigenvalue weighted by Crippen LogP contribution is -2.19. The Kier molecular flexibility index (Phi) is 4.69. The van der Waals surface area contributed by atoms with Gasteiger partial charge in [-0.2, -0.15) is 0 Å². The Morgan fingerprint density at radius 3 is 2.62 bits per heavy atom. The van der Waals surface area contributed by atoms with Gasteiger partial charge in [0.05, 0.1) is 0 Å². The van der Waals surface area contributed by atoms with Crippen molar-refractivity contribution in [1.29, 1.82) is 0 Å². The summed E-state index contributed by atoms with van der Waals surface area (Å²) in [7, 11) is 1.57. The number of hydrogen-bond donors (Lipinski definition) is 2. The molecule has 0 atom stereocenters. The Hall–Kier alpha value is -1.65. The molecule has 0 radical (unpaired) electrons. The van der Waals surface area contributed by atoms with Crippen molar-refractivity contribution in [2.75, 3.05) is 18.9 Å². The summed E-state index contributed by atoms with van der Waals surface area (Å²) in [5, 5.41) is 13.4. The maximum Gasteiger partial charge on any atom is 0.271 e. The van der Waals surface area contributed by atoms with Crippen LogP contribution in [-0.2, 0) is 0 Å². The Balaban J connectivity index is 2.48. The number of rotatable bonds is 5. The van der Waals surface area contributed by atoms with Gasteiger partial charge in [0.2, 0.25) is 0 Å². The summed E-state index contributed by atoms with van der Waals surface area (Å²) in [6.45, 7) is 5.20. The molecular weight excluding hydrogens is 204 g/mol. The topological polar surface area (TPSA) is 66.9 Å². The molecule has 5 heteroatoms. The number of carbonyl (C=O) groups excluding carboxylic acids is 1. The van der Waals surface area contributed by atoms with Gasteiger partial charge in [-0.3, -0.25) is 4.79 Å². The van der Waals surface area contributed by atoms with Crippen LogP contribution < -0.4 is 10.6 Å². The minimum Gasteiger partial charge on any atom is -0.369 e. The molecule has 0 saturated heterocycles. The van der Waals surface area contributed by atoms with Gasteiger partial charge < -0.3 is 10.6 Å². The van der Waals surface area contributed by atoms with Gasteiger partial charge in [0, 0.05) is 13.6 Å². The lowest BCUT2D eigenvalue weighted by atomic mass is 10.1. The van der Waals surface area contributed by atoms with Gasteiger partial charge in [-0.15, -0.1) is 10.2 Å². The van der Waals surface area contributed by atoms with Crippen LogP contribution in [0.4, 0.5) is 5.82 Å². The van der Waals surface area contributed by atoms with E-state index in [1.165, 1.54) is 0 Å². The van der Waals surface area contributed by atoms with E-state index in [1.54, 1.807) is 19.2 Å². The van der Waals surface area contributed by atoms with E-state index < -0.39 is 0 Å². The summed E-state index contributed by atoms with van der Waals surface area (Å²) in [6, 6.07) is 3.42. The maximum absolute atomic E-state index is 11.2. The number of nitrogens with one attached hydrogen (secondary N) is 2. The molecule has 1 aromatic rings. The molecule has 0 spiro atoms. The molecule has 1 heterocycles. The number of aromatic nitrogens is 2. The Morgan fingerprint density at radius 2 is 2.12 bits per heavy atom. The second-order valence-corrected chi connectivity index (χ2v) is 3.99. The fourth-order valence-electron chi connectivity index (χ4n) is 1.16. The van der Waals surface area contributed by atoms with E-state index in [9.17, 15) is 4.79 Å². The summed E-state index contributed by atoms with van der Waals surface area (Å²) >= 11 is 0. The highest BCUT2D eigenvalue weighted by molar-refractivity contribution is 5.91. The minimum absolute atomic E-state index is 0.221. The van der Waals surface area contributed by atoms with Crippen molar-refractivity contribution < 1.29 is 4.79 Å². The molecule has 0 unspecified atom stereocenters. The van der Waals surface area contributed by atoms with Gasteiger partial charge in [0.1, 0.15) is 5.82 Å². The van der Waals surface area contributed by atoms with E-state index >= 15 is 0 Å². The molecule has 16 heavy (non-hydrogen) atoms. The molecule has 5 nitrogen and oxygen atoms in total. The monoisotopic (exact) mass is 222 g/mol. The summed E-state index contributed by atoms with van der Waals surface area (Å²) in [5.41, 5.74) is 0.330. The SMILES string of the molecule is CNC(=O)c1ccc(NCCC(C)C)nn1.